The first-order valence-electron chi connectivity index (χ1n) is 42.7. The smallest absolute Gasteiger partial charge is 0.306 e. The summed E-state index contributed by atoms with van der Waals surface area (Å²) in [7, 11) is 5.94. The summed E-state index contributed by atoms with van der Waals surface area (Å²) in [4.78, 5) is 37.7. The predicted molar refractivity (Wildman–Crippen MR) is 435 cm³/mol. The Morgan fingerprint density at radius 3 is 0.851 bits per heavy atom. The minimum atomic E-state index is -1.63. The van der Waals surface area contributed by atoms with Crippen LogP contribution in [0.2, 0.25) is 0 Å². The molecule has 0 saturated heterocycles. The average molecular weight is 1410 g/mol. The highest BCUT2D eigenvalue weighted by molar-refractivity contribution is 5.70. The normalized spacial score (nSPS) is 13.2. The van der Waals surface area contributed by atoms with Gasteiger partial charge in [-0.2, -0.15) is 0 Å². The molecule has 2 unspecified atom stereocenters. The Bertz CT molecular complexity index is 2090. The standard InChI is InChI=1S/C92H161NO8/c1-6-8-10-12-14-16-18-20-22-24-26-28-30-32-34-36-38-40-42-43-44-45-46-47-49-51-53-55-57-59-61-63-65-67-69-71-73-75-77-79-81-83-90(95)101-88(87-100-92(91(96)97)98-85-84-93(3,4)5)86-99-89(94)82-80-78-76-74-72-70-68-66-64-62-60-58-56-54-52-50-48-41-39-37-35-33-31-29-27-25-23-21-19-17-15-13-11-9-7-2/h8,10,14,16,20,22,25-28,32,34,38,40,43-44,46-47,51,53,88,92H,6-7,9,11-13,15,17-19,21,23-24,29-31,33,35-37,39,41-42,45,48-50,52,54-87H2,1-5H3/b10-8-,16-14-,22-20-,27-25-,28-26-,34-32-,40-38-,44-43-,47-46-,53-51-. The Kier molecular flexibility index (Phi) is 77.9. The number of rotatable bonds is 79. The van der Waals surface area contributed by atoms with E-state index in [2.05, 4.69) is 135 Å². The zero-order valence-corrected chi connectivity index (χ0v) is 66.8. The van der Waals surface area contributed by atoms with Crippen LogP contribution in [0.25, 0.3) is 0 Å². The molecule has 2 atom stereocenters. The molecule has 0 fully saturated rings. The molecular formula is C92H161NO8. The number of carbonyl (C=O) groups excluding carboxylic acids is 3. The fourth-order valence-corrected chi connectivity index (χ4v) is 12.2. The first-order chi connectivity index (χ1) is 49.6. The molecule has 0 aliphatic rings. The van der Waals surface area contributed by atoms with Crippen LogP contribution in [0.5, 0.6) is 0 Å². The van der Waals surface area contributed by atoms with E-state index >= 15 is 0 Å². The number of hydrogen-bond donors (Lipinski definition) is 0. The summed E-state index contributed by atoms with van der Waals surface area (Å²) in [5.41, 5.74) is 0. The number of nitrogens with zero attached hydrogens (tertiary/aromatic N) is 1. The second kappa shape index (κ2) is 81.4. The molecule has 0 aliphatic carbocycles. The third-order valence-electron chi connectivity index (χ3n) is 18.7. The van der Waals surface area contributed by atoms with Crippen molar-refractivity contribution in [3.05, 3.63) is 122 Å². The lowest BCUT2D eigenvalue weighted by Gasteiger charge is -2.26. The lowest BCUT2D eigenvalue weighted by molar-refractivity contribution is -0.870. The molecule has 0 aromatic heterocycles. The van der Waals surface area contributed by atoms with E-state index in [0.717, 1.165) is 96.3 Å². The Hall–Kier alpha value is -4.31. The molecule has 0 amide bonds. The third-order valence-corrected chi connectivity index (χ3v) is 18.7. The summed E-state index contributed by atoms with van der Waals surface area (Å²) in [6.07, 6.45) is 113. The van der Waals surface area contributed by atoms with E-state index in [1.807, 2.05) is 21.1 Å². The maximum atomic E-state index is 13.0. The monoisotopic (exact) mass is 1410 g/mol. The number of hydrogen-bond acceptors (Lipinski definition) is 8. The maximum Gasteiger partial charge on any atom is 0.306 e. The van der Waals surface area contributed by atoms with Crippen molar-refractivity contribution >= 4 is 17.9 Å². The van der Waals surface area contributed by atoms with E-state index in [0.29, 0.717) is 23.9 Å². The Morgan fingerprint density at radius 2 is 0.564 bits per heavy atom. The molecule has 0 saturated carbocycles. The largest absolute Gasteiger partial charge is 0.545 e. The molecule has 0 aromatic rings. The predicted octanol–water partition coefficient (Wildman–Crippen LogP) is 26.5. The number of carboxylic acids is 1. The van der Waals surface area contributed by atoms with Crippen molar-refractivity contribution in [3.63, 3.8) is 0 Å². The van der Waals surface area contributed by atoms with Crippen molar-refractivity contribution in [3.8, 4) is 0 Å². The van der Waals surface area contributed by atoms with E-state index in [1.54, 1.807) is 0 Å². The molecule has 582 valence electrons. The van der Waals surface area contributed by atoms with Gasteiger partial charge >= 0.3 is 11.9 Å². The zero-order chi connectivity index (χ0) is 73.2. The van der Waals surface area contributed by atoms with Gasteiger partial charge in [0.2, 0.25) is 0 Å². The Morgan fingerprint density at radius 1 is 0.307 bits per heavy atom. The molecule has 0 heterocycles. The number of quaternary nitrogens is 1. The fourth-order valence-electron chi connectivity index (χ4n) is 12.2. The van der Waals surface area contributed by atoms with Crippen molar-refractivity contribution in [1.29, 1.82) is 0 Å². The van der Waals surface area contributed by atoms with Gasteiger partial charge in [-0.15, -0.1) is 0 Å². The summed E-state index contributed by atoms with van der Waals surface area (Å²) < 4.78 is 22.9. The number of esters is 2. The van der Waals surface area contributed by atoms with Gasteiger partial charge in [-0.3, -0.25) is 9.59 Å². The van der Waals surface area contributed by atoms with Crippen LogP contribution < -0.4 is 5.11 Å². The van der Waals surface area contributed by atoms with Crippen molar-refractivity contribution in [2.45, 2.75) is 399 Å². The highest BCUT2D eigenvalue weighted by Crippen LogP contribution is 2.19. The first kappa shape index (κ1) is 96.7. The topological polar surface area (TPSA) is 111 Å². The van der Waals surface area contributed by atoms with Gasteiger partial charge in [-0.25, -0.2) is 0 Å². The van der Waals surface area contributed by atoms with E-state index in [1.165, 1.54) is 257 Å². The van der Waals surface area contributed by atoms with Gasteiger partial charge < -0.3 is 33.3 Å². The van der Waals surface area contributed by atoms with Crippen LogP contribution in [0.4, 0.5) is 0 Å². The molecule has 0 aromatic carbocycles. The van der Waals surface area contributed by atoms with Crippen molar-refractivity contribution in [2.75, 3.05) is 47.5 Å². The van der Waals surface area contributed by atoms with Crippen LogP contribution in [0, 0.1) is 0 Å². The SMILES string of the molecule is CC/C=C\C/C=C\C/C=C\C/C=C\C/C=C\C/C=C\C/C=C\C/C=C\C/C=C\CCCCCCCCCCCCCCCC(=O)OC(COC(=O)CCCCCCCCCCCCCCCCCCCCCCCCC/C=C\CCCCCCCCCC)COC(OCC[N+](C)(C)C)C(=O)[O-]. The molecule has 0 aliphatic heterocycles. The minimum Gasteiger partial charge on any atom is -0.545 e. The van der Waals surface area contributed by atoms with Gasteiger partial charge in [0.1, 0.15) is 13.2 Å². The lowest BCUT2D eigenvalue weighted by atomic mass is 10.0. The third kappa shape index (κ3) is 82.8. The van der Waals surface area contributed by atoms with Crippen LogP contribution >= 0.6 is 0 Å². The molecule has 0 bridgehead atoms. The van der Waals surface area contributed by atoms with E-state index in [4.69, 9.17) is 18.9 Å². The molecule has 0 rings (SSSR count). The van der Waals surface area contributed by atoms with Crippen LogP contribution in [0.3, 0.4) is 0 Å². The number of aliphatic carboxylic acids is 1. The number of unbranched alkanes of at least 4 members (excludes halogenated alkanes) is 44. The van der Waals surface area contributed by atoms with Crippen LogP contribution in [-0.4, -0.2) is 82.3 Å². The number of carboxylic acid groups (broad SMARTS) is 1. The molecule has 9 heteroatoms. The van der Waals surface area contributed by atoms with E-state index in [-0.39, 0.29) is 32.2 Å². The van der Waals surface area contributed by atoms with E-state index in [9.17, 15) is 19.5 Å². The Balaban J connectivity index is 4.01. The highest BCUT2D eigenvalue weighted by atomic mass is 16.7. The molecular weight excluding hydrogens is 1250 g/mol. The second-order valence-corrected chi connectivity index (χ2v) is 29.7. The molecule has 9 nitrogen and oxygen atoms in total. The van der Waals surface area contributed by atoms with Gasteiger partial charge in [-0.05, 0) is 109 Å². The van der Waals surface area contributed by atoms with Gasteiger partial charge in [0.25, 0.3) is 0 Å². The van der Waals surface area contributed by atoms with Gasteiger partial charge in [-0.1, -0.05) is 386 Å². The fraction of sp³-hybridized carbons (Fsp3) is 0.750. The van der Waals surface area contributed by atoms with Crippen LogP contribution in [0.1, 0.15) is 386 Å². The first-order valence-corrected chi connectivity index (χ1v) is 42.7. The quantitative estimate of drug-likeness (QED) is 0.0195. The second-order valence-electron chi connectivity index (χ2n) is 29.7. The Labute approximate surface area is 625 Å². The maximum absolute atomic E-state index is 13.0. The summed E-state index contributed by atoms with van der Waals surface area (Å²) in [6.45, 7) is 4.68. The molecule has 0 radical (unpaired) electrons. The lowest BCUT2D eigenvalue weighted by Crippen LogP contribution is -2.44. The number of carbonyl (C=O) groups is 3. The molecule has 0 spiro atoms. The summed E-state index contributed by atoms with van der Waals surface area (Å²) in [5.74, 6) is -2.27. The van der Waals surface area contributed by atoms with Crippen molar-refractivity contribution in [1.82, 2.24) is 0 Å². The van der Waals surface area contributed by atoms with Crippen LogP contribution in [-0.2, 0) is 33.3 Å². The summed E-state index contributed by atoms with van der Waals surface area (Å²) in [6, 6.07) is 0. The molecule has 101 heavy (non-hydrogen) atoms. The average Bonchev–Trinajstić information content (AvgIpc) is 1.21. The minimum absolute atomic E-state index is 0.145. The summed E-state index contributed by atoms with van der Waals surface area (Å²) in [5, 5.41) is 11.9. The van der Waals surface area contributed by atoms with Gasteiger partial charge in [0.15, 0.2) is 12.4 Å². The number of ether oxygens (including phenoxy) is 4. The van der Waals surface area contributed by atoms with Crippen molar-refractivity contribution < 1.29 is 42.9 Å². The number of likely N-dealkylation sites (N-methyl/N-ethyl adjacent to an activating group) is 1. The van der Waals surface area contributed by atoms with Gasteiger partial charge in [0.05, 0.1) is 40.3 Å². The van der Waals surface area contributed by atoms with E-state index < -0.39 is 24.3 Å². The zero-order valence-electron chi connectivity index (χ0n) is 66.8. The summed E-state index contributed by atoms with van der Waals surface area (Å²) >= 11 is 0. The van der Waals surface area contributed by atoms with Crippen molar-refractivity contribution in [2.24, 2.45) is 0 Å². The highest BCUT2D eigenvalue weighted by Gasteiger charge is 2.22. The number of allylic oxidation sites excluding steroid dienone is 20. The van der Waals surface area contributed by atoms with Crippen LogP contribution in [0.15, 0.2) is 122 Å². The van der Waals surface area contributed by atoms with Gasteiger partial charge in [0, 0.05) is 12.8 Å². The molecule has 0 N–H and O–H groups in total.